The van der Waals surface area contributed by atoms with E-state index in [-0.39, 0.29) is 0 Å². The van der Waals surface area contributed by atoms with Crippen LogP contribution in [0.2, 0.25) is 0 Å². The Morgan fingerprint density at radius 1 is 1.19 bits per heavy atom. The molecule has 3 nitrogen and oxygen atoms in total. The quantitative estimate of drug-likeness (QED) is 0.687. The molecule has 1 aliphatic carbocycles. The normalized spacial score (nSPS) is 14.8. The Hall–Kier alpha value is -1.81. The molecular formula is C17H16BrN3. The molecule has 2 aromatic carbocycles. The predicted molar refractivity (Wildman–Crippen MR) is 90.3 cm³/mol. The minimum Gasteiger partial charge on any atom is -0.398 e. The number of hydrogen-bond donors (Lipinski definition) is 1. The molecule has 3 aromatic rings. The van der Waals surface area contributed by atoms with Crippen LogP contribution in [0.1, 0.15) is 24.4 Å². The number of halogens is 1. The minimum atomic E-state index is 0.578. The number of nitrogens with two attached hydrogens (primary N) is 1. The van der Waals surface area contributed by atoms with Crippen molar-refractivity contribution in [3.63, 3.8) is 0 Å². The van der Waals surface area contributed by atoms with E-state index in [1.165, 1.54) is 18.4 Å². The molecule has 0 aliphatic heterocycles. The van der Waals surface area contributed by atoms with Crippen LogP contribution in [0.5, 0.6) is 0 Å². The van der Waals surface area contributed by atoms with Crippen molar-refractivity contribution < 1.29 is 0 Å². The first-order valence-electron chi connectivity index (χ1n) is 7.17. The molecule has 4 heteroatoms. The van der Waals surface area contributed by atoms with Gasteiger partial charge in [0.1, 0.15) is 5.82 Å². The second-order valence-electron chi connectivity index (χ2n) is 5.74. The maximum Gasteiger partial charge on any atom is 0.141 e. The Balaban J connectivity index is 1.98. The number of imidazole rings is 1. The molecule has 0 amide bonds. The zero-order valence-electron chi connectivity index (χ0n) is 11.8. The third-order valence-electron chi connectivity index (χ3n) is 4.10. The molecule has 0 radical (unpaired) electrons. The fraction of sp³-hybridized carbons (Fsp3) is 0.235. The van der Waals surface area contributed by atoms with Gasteiger partial charge in [0.2, 0.25) is 0 Å². The van der Waals surface area contributed by atoms with Crippen molar-refractivity contribution >= 4 is 32.7 Å². The molecular weight excluding hydrogens is 326 g/mol. The highest BCUT2D eigenvalue weighted by Crippen LogP contribution is 2.41. The first-order chi connectivity index (χ1) is 10.1. The van der Waals surface area contributed by atoms with E-state index < -0.39 is 0 Å². The first kappa shape index (κ1) is 12.9. The molecule has 1 aromatic heterocycles. The number of benzene rings is 2. The van der Waals surface area contributed by atoms with Crippen molar-refractivity contribution in [2.45, 2.75) is 25.8 Å². The number of hydrogen-bond acceptors (Lipinski definition) is 2. The lowest BCUT2D eigenvalue weighted by molar-refractivity contribution is 0.775. The van der Waals surface area contributed by atoms with Crippen molar-refractivity contribution in [1.82, 2.24) is 9.55 Å². The highest BCUT2D eigenvalue weighted by atomic mass is 79.9. The molecule has 1 saturated carbocycles. The fourth-order valence-corrected chi connectivity index (χ4v) is 3.11. The topological polar surface area (TPSA) is 43.8 Å². The smallest absolute Gasteiger partial charge is 0.141 e. The Morgan fingerprint density at radius 3 is 2.71 bits per heavy atom. The van der Waals surface area contributed by atoms with E-state index >= 15 is 0 Å². The van der Waals surface area contributed by atoms with Crippen LogP contribution in [0.3, 0.4) is 0 Å². The number of nitrogens with zero attached hydrogens (tertiary/aromatic N) is 2. The summed E-state index contributed by atoms with van der Waals surface area (Å²) in [5.74, 6) is 1.03. The summed E-state index contributed by atoms with van der Waals surface area (Å²) in [5.41, 5.74) is 11.3. The summed E-state index contributed by atoms with van der Waals surface area (Å²) >= 11 is 3.53. The lowest BCUT2D eigenvalue weighted by Gasteiger charge is -2.09. The van der Waals surface area contributed by atoms with Gasteiger partial charge in [0.15, 0.2) is 0 Å². The van der Waals surface area contributed by atoms with Gasteiger partial charge in [-0.05, 0) is 49.6 Å². The van der Waals surface area contributed by atoms with Gasteiger partial charge >= 0.3 is 0 Å². The number of fused-ring (bicyclic) bond motifs is 1. The molecule has 1 aliphatic rings. The van der Waals surface area contributed by atoms with Crippen LogP contribution < -0.4 is 5.73 Å². The number of rotatable bonds is 2. The molecule has 0 atom stereocenters. The summed E-state index contributed by atoms with van der Waals surface area (Å²) in [6.07, 6.45) is 2.46. The number of nitrogen functional groups attached to an aromatic ring is 1. The van der Waals surface area contributed by atoms with Gasteiger partial charge in [-0.3, -0.25) is 0 Å². The summed E-state index contributed by atoms with van der Waals surface area (Å²) in [7, 11) is 0. The third kappa shape index (κ3) is 2.14. The Kier molecular flexibility index (Phi) is 2.82. The molecule has 21 heavy (non-hydrogen) atoms. The Morgan fingerprint density at radius 2 is 2.00 bits per heavy atom. The molecule has 0 unspecified atom stereocenters. The summed E-state index contributed by atoms with van der Waals surface area (Å²) < 4.78 is 3.43. The van der Waals surface area contributed by atoms with E-state index in [1.54, 1.807) is 0 Å². The zero-order valence-corrected chi connectivity index (χ0v) is 13.4. The first-order valence-corrected chi connectivity index (χ1v) is 7.97. The zero-order chi connectivity index (χ0) is 14.6. The average molecular weight is 342 g/mol. The van der Waals surface area contributed by atoms with Crippen LogP contribution in [0.4, 0.5) is 5.69 Å². The van der Waals surface area contributed by atoms with Crippen LogP contribution in [-0.2, 0) is 0 Å². The molecule has 1 heterocycles. The number of aromatic nitrogens is 2. The van der Waals surface area contributed by atoms with Crippen LogP contribution in [0.15, 0.2) is 40.9 Å². The van der Waals surface area contributed by atoms with Crippen molar-refractivity contribution in [1.29, 1.82) is 0 Å². The Bertz CT molecular complexity index is 847. The second kappa shape index (κ2) is 4.60. The van der Waals surface area contributed by atoms with E-state index in [2.05, 4.69) is 50.8 Å². The van der Waals surface area contributed by atoms with E-state index in [1.807, 2.05) is 13.0 Å². The van der Waals surface area contributed by atoms with Gasteiger partial charge in [-0.2, -0.15) is 0 Å². The molecule has 0 bridgehead atoms. The maximum atomic E-state index is 6.07. The summed E-state index contributed by atoms with van der Waals surface area (Å²) in [6.45, 7) is 2.03. The maximum absolute atomic E-state index is 6.07. The van der Waals surface area contributed by atoms with Gasteiger partial charge in [-0.15, -0.1) is 0 Å². The van der Waals surface area contributed by atoms with Crippen molar-refractivity contribution in [3.05, 3.63) is 46.4 Å². The summed E-state index contributed by atoms with van der Waals surface area (Å²) in [5, 5.41) is 0. The van der Waals surface area contributed by atoms with Gasteiger partial charge in [0.25, 0.3) is 0 Å². The standard InChI is InChI=1S/C17H16BrN3/c1-10-2-3-11(8-14(10)19)17-20-15-9-12(18)4-7-16(15)21(17)13-5-6-13/h2-4,7-9,13H,5-6,19H2,1H3. The number of anilines is 1. The lowest BCUT2D eigenvalue weighted by atomic mass is 10.1. The Labute approximate surface area is 131 Å². The van der Waals surface area contributed by atoms with E-state index in [0.717, 1.165) is 32.6 Å². The van der Waals surface area contributed by atoms with E-state index in [9.17, 15) is 0 Å². The molecule has 2 N–H and O–H groups in total. The van der Waals surface area contributed by atoms with Crippen molar-refractivity contribution in [3.8, 4) is 11.4 Å². The van der Waals surface area contributed by atoms with Gasteiger partial charge in [0.05, 0.1) is 11.0 Å². The van der Waals surface area contributed by atoms with Gasteiger partial charge < -0.3 is 10.3 Å². The highest BCUT2D eigenvalue weighted by Gasteiger charge is 2.28. The van der Waals surface area contributed by atoms with Crippen molar-refractivity contribution in [2.24, 2.45) is 0 Å². The molecule has 0 saturated heterocycles. The average Bonchev–Trinajstić information content (AvgIpc) is 3.22. The van der Waals surface area contributed by atoms with Crippen molar-refractivity contribution in [2.75, 3.05) is 5.73 Å². The molecule has 4 rings (SSSR count). The molecule has 0 spiro atoms. The lowest BCUT2D eigenvalue weighted by Crippen LogP contribution is -1.98. The van der Waals surface area contributed by atoms with E-state index in [4.69, 9.17) is 10.7 Å². The SMILES string of the molecule is Cc1ccc(-c2nc3cc(Br)ccc3n2C2CC2)cc1N. The minimum absolute atomic E-state index is 0.578. The fourth-order valence-electron chi connectivity index (χ4n) is 2.76. The van der Waals surface area contributed by atoms with Crippen LogP contribution in [0, 0.1) is 6.92 Å². The summed E-state index contributed by atoms with van der Waals surface area (Å²) in [4.78, 5) is 4.85. The molecule has 106 valence electrons. The van der Waals surface area contributed by atoms with Crippen LogP contribution in [0.25, 0.3) is 22.4 Å². The number of aryl methyl sites for hydroxylation is 1. The van der Waals surface area contributed by atoms with Gasteiger partial charge in [-0.1, -0.05) is 28.1 Å². The van der Waals surface area contributed by atoms with Crippen LogP contribution >= 0.6 is 15.9 Å². The monoisotopic (exact) mass is 341 g/mol. The second-order valence-corrected chi connectivity index (χ2v) is 6.66. The molecule has 1 fully saturated rings. The van der Waals surface area contributed by atoms with Gasteiger partial charge in [-0.25, -0.2) is 4.98 Å². The summed E-state index contributed by atoms with van der Waals surface area (Å²) in [6, 6.07) is 13.1. The highest BCUT2D eigenvalue weighted by molar-refractivity contribution is 9.10. The van der Waals surface area contributed by atoms with E-state index in [0.29, 0.717) is 6.04 Å². The third-order valence-corrected chi connectivity index (χ3v) is 4.59. The largest absolute Gasteiger partial charge is 0.398 e. The predicted octanol–water partition coefficient (Wildman–Crippen LogP) is 4.69. The van der Waals surface area contributed by atoms with Crippen LogP contribution in [-0.4, -0.2) is 9.55 Å². The van der Waals surface area contributed by atoms with Gasteiger partial charge in [0, 0.05) is 21.8 Å².